The highest BCUT2D eigenvalue weighted by Gasteiger charge is 2.20. The molecule has 0 fully saturated rings. The van der Waals surface area contributed by atoms with E-state index in [4.69, 9.17) is 10.3 Å². The monoisotopic (exact) mass is 244 g/mol. The van der Waals surface area contributed by atoms with Crippen molar-refractivity contribution in [3.05, 3.63) is 42.3 Å². The third-order valence-corrected chi connectivity index (χ3v) is 2.61. The predicted octanol–water partition coefficient (Wildman–Crippen LogP) is 2.45. The Morgan fingerprint density at radius 3 is 2.78 bits per heavy atom. The molecule has 3 rings (SSSR count). The largest absolute Gasteiger partial charge is 0.380 e. The number of nitrogens with zero attached hydrogens (tertiary/aromatic N) is 2. The van der Waals surface area contributed by atoms with E-state index in [9.17, 15) is 4.39 Å². The van der Waals surface area contributed by atoms with Gasteiger partial charge < -0.3 is 10.3 Å². The zero-order chi connectivity index (χ0) is 12.5. The molecule has 0 radical (unpaired) electrons. The Kier molecular flexibility index (Phi) is 2.33. The minimum absolute atomic E-state index is 0.143. The van der Waals surface area contributed by atoms with Crippen molar-refractivity contribution < 1.29 is 8.91 Å². The molecule has 2 aromatic heterocycles. The molecule has 90 valence electrons. The van der Waals surface area contributed by atoms with Crippen LogP contribution < -0.4 is 5.73 Å². The summed E-state index contributed by atoms with van der Waals surface area (Å²) in [6.45, 7) is 0. The Morgan fingerprint density at radius 1 is 1.22 bits per heavy atom. The summed E-state index contributed by atoms with van der Waals surface area (Å²) in [6.07, 6.45) is 1.57. The maximum atomic E-state index is 13.8. The van der Waals surface area contributed by atoms with Gasteiger partial charge >= 0.3 is 0 Å². The lowest BCUT2D eigenvalue weighted by Gasteiger charge is -2.02. The Bertz CT molecular complexity index is 675. The molecule has 0 aliphatic carbocycles. The summed E-state index contributed by atoms with van der Waals surface area (Å²) in [5.74, 6) is 0.132. The van der Waals surface area contributed by atoms with Crippen LogP contribution in [0.4, 0.5) is 10.2 Å². The first kappa shape index (κ1) is 10.5. The number of nitrogens with two attached hydrogens (primary N) is 1. The lowest BCUT2D eigenvalue weighted by Crippen LogP contribution is -1.91. The Balaban J connectivity index is 2.24. The van der Waals surface area contributed by atoms with E-state index in [-0.39, 0.29) is 11.6 Å². The zero-order valence-corrected chi connectivity index (χ0v) is 9.22. The number of nitrogens with one attached hydrogen (secondary N) is 1. The second kappa shape index (κ2) is 3.99. The zero-order valence-electron chi connectivity index (χ0n) is 9.22. The molecule has 5 nitrogen and oxygen atoms in total. The average molecular weight is 244 g/mol. The highest BCUT2D eigenvalue weighted by molar-refractivity contribution is 5.85. The van der Waals surface area contributed by atoms with E-state index >= 15 is 0 Å². The van der Waals surface area contributed by atoms with E-state index in [0.29, 0.717) is 22.6 Å². The number of anilines is 1. The third-order valence-electron chi connectivity index (χ3n) is 2.61. The smallest absolute Gasteiger partial charge is 0.194 e. The summed E-state index contributed by atoms with van der Waals surface area (Å²) in [7, 11) is 0. The van der Waals surface area contributed by atoms with Crippen LogP contribution in [0.1, 0.15) is 0 Å². The molecule has 0 saturated carbocycles. The summed E-state index contributed by atoms with van der Waals surface area (Å²) >= 11 is 0. The molecule has 0 unspecified atom stereocenters. The van der Waals surface area contributed by atoms with E-state index in [1.807, 2.05) is 0 Å². The van der Waals surface area contributed by atoms with E-state index < -0.39 is 0 Å². The van der Waals surface area contributed by atoms with E-state index in [1.54, 1.807) is 30.5 Å². The maximum absolute atomic E-state index is 13.8. The minimum atomic E-state index is -0.381. The normalized spacial score (nSPS) is 10.7. The number of nitrogen functional groups attached to an aromatic ring is 1. The van der Waals surface area contributed by atoms with Gasteiger partial charge in [-0.3, -0.25) is 5.10 Å². The van der Waals surface area contributed by atoms with Crippen LogP contribution in [0.25, 0.3) is 22.6 Å². The van der Waals surface area contributed by atoms with Crippen LogP contribution in [0, 0.1) is 5.82 Å². The molecule has 1 aromatic carbocycles. The molecule has 0 aliphatic heterocycles. The molecule has 3 aromatic rings. The number of aromatic amines is 1. The summed E-state index contributed by atoms with van der Waals surface area (Å²) in [5, 5.41) is 10.2. The lowest BCUT2D eigenvalue weighted by atomic mass is 10.0. The second-order valence-corrected chi connectivity index (χ2v) is 3.72. The van der Waals surface area contributed by atoms with Crippen molar-refractivity contribution in [2.45, 2.75) is 0 Å². The Labute approximate surface area is 101 Å². The molecular weight excluding hydrogens is 235 g/mol. The molecule has 6 heteroatoms. The van der Waals surface area contributed by atoms with E-state index in [0.717, 1.165) is 0 Å². The number of rotatable bonds is 2. The van der Waals surface area contributed by atoms with Crippen molar-refractivity contribution >= 4 is 5.82 Å². The van der Waals surface area contributed by atoms with Crippen molar-refractivity contribution in [3.8, 4) is 22.6 Å². The van der Waals surface area contributed by atoms with Gasteiger partial charge in [0.1, 0.15) is 11.5 Å². The number of aromatic nitrogens is 3. The van der Waals surface area contributed by atoms with Crippen molar-refractivity contribution in [2.24, 2.45) is 0 Å². The molecule has 3 N–H and O–H groups in total. The first-order chi connectivity index (χ1) is 8.77. The number of benzene rings is 1. The van der Waals surface area contributed by atoms with Gasteiger partial charge in [-0.25, -0.2) is 4.39 Å². The van der Waals surface area contributed by atoms with Crippen LogP contribution in [-0.2, 0) is 0 Å². The summed E-state index contributed by atoms with van der Waals surface area (Å²) < 4.78 is 18.9. The van der Waals surface area contributed by atoms with Gasteiger partial charge in [-0.15, -0.1) is 0 Å². The Hall–Kier alpha value is -2.63. The molecular formula is C12H9FN4O. The molecule has 18 heavy (non-hydrogen) atoms. The average Bonchev–Trinajstić information content (AvgIpc) is 2.99. The van der Waals surface area contributed by atoms with Gasteiger partial charge in [-0.1, -0.05) is 23.4 Å². The molecule has 0 amide bonds. The topological polar surface area (TPSA) is 80.7 Å². The SMILES string of the molecule is Nc1noc(-c2ccn[nH]2)c1-c1ccccc1F. The van der Waals surface area contributed by atoms with Gasteiger partial charge in [0.15, 0.2) is 11.6 Å². The minimum Gasteiger partial charge on any atom is -0.380 e. The van der Waals surface area contributed by atoms with Gasteiger partial charge in [0.05, 0.1) is 5.56 Å². The molecule has 0 bridgehead atoms. The summed E-state index contributed by atoms with van der Waals surface area (Å²) in [5.41, 5.74) is 7.11. The highest BCUT2D eigenvalue weighted by Crippen LogP contribution is 2.36. The van der Waals surface area contributed by atoms with E-state index in [1.165, 1.54) is 6.07 Å². The fourth-order valence-corrected chi connectivity index (χ4v) is 1.79. The van der Waals surface area contributed by atoms with Crippen LogP contribution in [0.15, 0.2) is 41.1 Å². The maximum Gasteiger partial charge on any atom is 0.194 e. The van der Waals surface area contributed by atoms with E-state index in [2.05, 4.69) is 15.4 Å². The van der Waals surface area contributed by atoms with Gasteiger partial charge in [0.2, 0.25) is 0 Å². The molecule has 0 spiro atoms. The lowest BCUT2D eigenvalue weighted by molar-refractivity contribution is 0.434. The fourth-order valence-electron chi connectivity index (χ4n) is 1.79. The molecule has 0 aliphatic rings. The Morgan fingerprint density at radius 2 is 2.06 bits per heavy atom. The van der Waals surface area contributed by atoms with Crippen LogP contribution in [0.2, 0.25) is 0 Å². The van der Waals surface area contributed by atoms with Crippen LogP contribution in [-0.4, -0.2) is 15.4 Å². The van der Waals surface area contributed by atoms with Crippen molar-refractivity contribution in [1.82, 2.24) is 15.4 Å². The number of hydrogen-bond donors (Lipinski definition) is 2. The summed E-state index contributed by atoms with van der Waals surface area (Å²) in [4.78, 5) is 0. The number of hydrogen-bond acceptors (Lipinski definition) is 4. The fraction of sp³-hybridized carbons (Fsp3) is 0. The van der Waals surface area contributed by atoms with Crippen LogP contribution in [0.3, 0.4) is 0 Å². The highest BCUT2D eigenvalue weighted by atomic mass is 19.1. The van der Waals surface area contributed by atoms with Crippen molar-refractivity contribution in [3.63, 3.8) is 0 Å². The quantitative estimate of drug-likeness (QED) is 0.725. The summed E-state index contributed by atoms with van der Waals surface area (Å²) in [6, 6.07) is 8.01. The van der Waals surface area contributed by atoms with Gasteiger partial charge in [0.25, 0.3) is 0 Å². The van der Waals surface area contributed by atoms with Crippen molar-refractivity contribution in [1.29, 1.82) is 0 Å². The first-order valence-corrected chi connectivity index (χ1v) is 5.27. The second-order valence-electron chi connectivity index (χ2n) is 3.72. The van der Waals surface area contributed by atoms with Crippen molar-refractivity contribution in [2.75, 3.05) is 5.73 Å². The number of H-pyrrole nitrogens is 1. The first-order valence-electron chi connectivity index (χ1n) is 5.27. The number of halogens is 1. The van der Waals surface area contributed by atoms with Gasteiger partial charge in [-0.2, -0.15) is 5.10 Å². The molecule has 0 atom stereocenters. The predicted molar refractivity (Wildman–Crippen MR) is 63.9 cm³/mol. The standard InChI is InChI=1S/C12H9FN4O/c13-8-4-2-1-3-7(8)10-11(18-17-12(10)14)9-5-6-15-16-9/h1-6H,(H2,14,17)(H,15,16). The third kappa shape index (κ3) is 1.55. The van der Waals surface area contributed by atoms with Gasteiger partial charge in [-0.05, 0) is 12.1 Å². The molecule has 0 saturated heterocycles. The van der Waals surface area contributed by atoms with Gasteiger partial charge in [0, 0.05) is 11.8 Å². The van der Waals surface area contributed by atoms with Crippen LogP contribution in [0.5, 0.6) is 0 Å². The molecule has 2 heterocycles. The van der Waals surface area contributed by atoms with Crippen LogP contribution >= 0.6 is 0 Å².